The quantitative estimate of drug-likeness (QED) is 0.854. The first kappa shape index (κ1) is 9.79. The number of fused-ring (bicyclic) bond motifs is 2. The minimum absolute atomic E-state index is 0.319. The molecule has 0 aromatic carbocycles. The van der Waals surface area contributed by atoms with E-state index in [4.69, 9.17) is 0 Å². The molecule has 0 aliphatic heterocycles. The van der Waals surface area contributed by atoms with Crippen molar-refractivity contribution >= 4 is 11.3 Å². The summed E-state index contributed by atoms with van der Waals surface area (Å²) < 4.78 is 0. The van der Waals surface area contributed by atoms with Crippen LogP contribution in [0.3, 0.4) is 0 Å². The zero-order valence-corrected chi connectivity index (χ0v) is 9.62. The van der Waals surface area contributed by atoms with Crippen molar-refractivity contribution in [2.24, 2.45) is 17.8 Å². The molecule has 2 aliphatic rings. The zero-order chi connectivity index (χ0) is 10.3. The molecule has 0 spiro atoms. The van der Waals surface area contributed by atoms with Crippen LogP contribution in [-0.4, -0.2) is 10.1 Å². The van der Waals surface area contributed by atoms with E-state index in [-0.39, 0.29) is 6.10 Å². The summed E-state index contributed by atoms with van der Waals surface area (Å²) in [5, 5.41) is 12.0. The Hall–Kier alpha value is -0.410. The summed E-state index contributed by atoms with van der Waals surface area (Å²) in [5.41, 5.74) is 2.68. The van der Waals surface area contributed by atoms with E-state index < -0.39 is 0 Å². The van der Waals surface area contributed by atoms with Crippen LogP contribution < -0.4 is 0 Å². The molecule has 4 unspecified atom stereocenters. The van der Waals surface area contributed by atoms with Crippen LogP contribution in [-0.2, 0) is 0 Å². The summed E-state index contributed by atoms with van der Waals surface area (Å²) in [4.78, 5) is 4.19. The number of hydrogen-bond acceptors (Lipinski definition) is 3. The lowest BCUT2D eigenvalue weighted by Crippen LogP contribution is -2.14. The minimum atomic E-state index is -0.319. The topological polar surface area (TPSA) is 33.1 Å². The lowest BCUT2D eigenvalue weighted by Gasteiger charge is -2.23. The van der Waals surface area contributed by atoms with Gasteiger partial charge in [0, 0.05) is 5.38 Å². The molecule has 2 aliphatic carbocycles. The van der Waals surface area contributed by atoms with Crippen molar-refractivity contribution in [2.45, 2.75) is 38.2 Å². The van der Waals surface area contributed by atoms with Gasteiger partial charge >= 0.3 is 0 Å². The monoisotopic (exact) mass is 223 g/mol. The van der Waals surface area contributed by atoms with Gasteiger partial charge in [0.25, 0.3) is 0 Å². The Bertz CT molecular complexity index is 324. The van der Waals surface area contributed by atoms with Gasteiger partial charge in [-0.3, -0.25) is 0 Å². The van der Waals surface area contributed by atoms with Gasteiger partial charge in [-0.2, -0.15) is 0 Å². The lowest BCUT2D eigenvalue weighted by molar-refractivity contribution is 0.122. The fraction of sp³-hybridized carbons (Fsp3) is 0.750. The van der Waals surface area contributed by atoms with Crippen LogP contribution in [0.2, 0.25) is 0 Å². The van der Waals surface area contributed by atoms with Crippen molar-refractivity contribution in [3.8, 4) is 0 Å². The number of thiazole rings is 1. The second-order valence-electron chi connectivity index (χ2n) is 5.10. The third-order valence-electron chi connectivity index (χ3n) is 4.20. The number of aromatic nitrogens is 1. The second-order valence-corrected chi connectivity index (χ2v) is 5.82. The van der Waals surface area contributed by atoms with E-state index in [9.17, 15) is 5.11 Å². The average molecular weight is 223 g/mol. The van der Waals surface area contributed by atoms with E-state index in [0.29, 0.717) is 0 Å². The molecule has 0 amide bonds. The predicted octanol–water partition coefficient (Wildman–Crippen LogP) is 3.00. The molecular formula is C12H17NOS. The molecule has 15 heavy (non-hydrogen) atoms. The van der Waals surface area contributed by atoms with Crippen LogP contribution in [0.1, 0.15) is 43.9 Å². The van der Waals surface area contributed by atoms with Crippen molar-refractivity contribution in [3.63, 3.8) is 0 Å². The standard InChI is InChI=1S/C12H17NOS/c14-12(11-6-15-7-13-11)5-10-4-8-1-2-9(10)3-8/h6-10,12,14H,1-5H2. The van der Waals surface area contributed by atoms with Crippen molar-refractivity contribution in [1.82, 2.24) is 4.98 Å². The van der Waals surface area contributed by atoms with Gasteiger partial charge < -0.3 is 5.11 Å². The normalized spacial score (nSPS) is 35.9. The number of hydrogen-bond donors (Lipinski definition) is 1. The van der Waals surface area contributed by atoms with Gasteiger partial charge in [-0.15, -0.1) is 11.3 Å². The molecule has 3 heteroatoms. The first-order valence-corrected chi connectivity index (χ1v) is 6.83. The largest absolute Gasteiger partial charge is 0.387 e. The first-order valence-electron chi connectivity index (χ1n) is 5.89. The van der Waals surface area contributed by atoms with Gasteiger partial charge in [0.1, 0.15) is 0 Å². The molecule has 3 rings (SSSR count). The minimum Gasteiger partial charge on any atom is -0.387 e. The van der Waals surface area contributed by atoms with Crippen molar-refractivity contribution < 1.29 is 5.11 Å². The molecule has 1 heterocycles. The van der Waals surface area contributed by atoms with E-state index in [1.165, 1.54) is 25.7 Å². The zero-order valence-electron chi connectivity index (χ0n) is 8.80. The van der Waals surface area contributed by atoms with Crippen LogP contribution in [0.25, 0.3) is 0 Å². The lowest BCUT2D eigenvalue weighted by atomic mass is 9.84. The van der Waals surface area contributed by atoms with Gasteiger partial charge in [-0.1, -0.05) is 6.42 Å². The highest BCUT2D eigenvalue weighted by Gasteiger charge is 2.40. The van der Waals surface area contributed by atoms with Crippen molar-refractivity contribution in [2.75, 3.05) is 0 Å². The summed E-state index contributed by atoms with van der Waals surface area (Å²) in [6, 6.07) is 0. The van der Waals surface area contributed by atoms with Gasteiger partial charge in [-0.25, -0.2) is 4.98 Å². The molecule has 2 bridgehead atoms. The molecule has 2 nitrogen and oxygen atoms in total. The molecule has 2 saturated carbocycles. The maximum absolute atomic E-state index is 10.0. The maximum Gasteiger partial charge on any atom is 0.0971 e. The van der Waals surface area contributed by atoms with E-state index >= 15 is 0 Å². The smallest absolute Gasteiger partial charge is 0.0971 e. The third kappa shape index (κ3) is 1.83. The predicted molar refractivity (Wildman–Crippen MR) is 60.6 cm³/mol. The Morgan fingerprint density at radius 2 is 2.40 bits per heavy atom. The SMILES string of the molecule is OC(CC1CC2CCC1C2)c1cscn1. The first-order chi connectivity index (χ1) is 7.33. The molecule has 2 fully saturated rings. The average Bonchev–Trinajstić information content (AvgIpc) is 2.95. The number of aliphatic hydroxyl groups is 1. The summed E-state index contributed by atoms with van der Waals surface area (Å²) in [6.45, 7) is 0. The fourth-order valence-corrected chi connectivity index (χ4v) is 4.06. The van der Waals surface area contributed by atoms with E-state index in [0.717, 1.165) is 29.9 Å². The van der Waals surface area contributed by atoms with Crippen LogP contribution in [0.5, 0.6) is 0 Å². The van der Waals surface area contributed by atoms with E-state index in [1.54, 1.807) is 16.8 Å². The van der Waals surface area contributed by atoms with Crippen LogP contribution in [0.4, 0.5) is 0 Å². The molecule has 4 atom stereocenters. The van der Waals surface area contributed by atoms with Gasteiger partial charge in [0.05, 0.1) is 17.3 Å². The highest BCUT2D eigenvalue weighted by Crippen LogP contribution is 2.50. The van der Waals surface area contributed by atoms with Crippen molar-refractivity contribution in [3.05, 3.63) is 16.6 Å². The molecule has 0 radical (unpaired) electrons. The van der Waals surface area contributed by atoms with Crippen LogP contribution in [0, 0.1) is 17.8 Å². The summed E-state index contributed by atoms with van der Waals surface area (Å²) in [7, 11) is 0. The Kier molecular flexibility index (Phi) is 2.53. The Morgan fingerprint density at radius 3 is 3.00 bits per heavy atom. The Labute approximate surface area is 94.4 Å². The van der Waals surface area contributed by atoms with E-state index in [2.05, 4.69) is 4.98 Å². The maximum atomic E-state index is 10.0. The van der Waals surface area contributed by atoms with Gasteiger partial charge in [0.15, 0.2) is 0 Å². The highest BCUT2D eigenvalue weighted by molar-refractivity contribution is 7.07. The summed E-state index contributed by atoms with van der Waals surface area (Å²) in [5.74, 6) is 2.64. The number of rotatable bonds is 3. The molecule has 82 valence electrons. The fourth-order valence-electron chi connectivity index (χ4n) is 3.46. The molecule has 1 aromatic heterocycles. The molecule has 1 N–H and O–H groups in total. The molecule has 0 saturated heterocycles. The van der Waals surface area contributed by atoms with Gasteiger partial charge in [-0.05, 0) is 43.4 Å². The van der Waals surface area contributed by atoms with Crippen molar-refractivity contribution in [1.29, 1.82) is 0 Å². The number of nitrogens with zero attached hydrogens (tertiary/aromatic N) is 1. The third-order valence-corrected chi connectivity index (χ3v) is 4.81. The number of aliphatic hydroxyl groups excluding tert-OH is 1. The molecule has 1 aromatic rings. The summed E-state index contributed by atoms with van der Waals surface area (Å²) in [6.07, 6.45) is 6.23. The van der Waals surface area contributed by atoms with Crippen LogP contribution in [0.15, 0.2) is 10.9 Å². The Balaban J connectivity index is 1.62. The Morgan fingerprint density at radius 1 is 1.47 bits per heavy atom. The highest BCUT2D eigenvalue weighted by atomic mass is 32.1. The van der Waals surface area contributed by atoms with Crippen LogP contribution >= 0.6 is 11.3 Å². The summed E-state index contributed by atoms with van der Waals surface area (Å²) >= 11 is 1.57. The van der Waals surface area contributed by atoms with E-state index in [1.807, 2.05) is 5.38 Å². The molecular weight excluding hydrogens is 206 g/mol. The van der Waals surface area contributed by atoms with Gasteiger partial charge in [0.2, 0.25) is 0 Å². The second kappa shape index (κ2) is 3.87.